The second-order valence-electron chi connectivity index (χ2n) is 5.97. The number of rotatable bonds is 8. The van der Waals surface area contributed by atoms with Crippen LogP contribution in [0.3, 0.4) is 0 Å². The largest absolute Gasteiger partial charge is 0.381 e. The lowest BCUT2D eigenvalue weighted by molar-refractivity contribution is 0.111. The Morgan fingerprint density at radius 1 is 1.33 bits per heavy atom. The van der Waals surface area contributed by atoms with E-state index in [9.17, 15) is 0 Å². The summed E-state index contributed by atoms with van der Waals surface area (Å²) in [6.07, 6.45) is 7.90. The second-order valence-corrected chi connectivity index (χ2v) is 5.97. The molecule has 3 heteroatoms. The average Bonchev–Trinajstić information content (AvgIpc) is 3.17. The molecular formula is C15H30N2O. The van der Waals surface area contributed by atoms with Crippen LogP contribution < -0.4 is 5.32 Å². The smallest absolute Gasteiger partial charge is 0.0494 e. The zero-order chi connectivity index (χ0) is 12.6. The minimum atomic E-state index is 0.713. The van der Waals surface area contributed by atoms with E-state index in [1.165, 1.54) is 64.7 Å². The molecule has 0 spiro atoms. The molecule has 0 aromatic carbocycles. The molecule has 1 saturated heterocycles. The van der Waals surface area contributed by atoms with E-state index in [4.69, 9.17) is 4.74 Å². The summed E-state index contributed by atoms with van der Waals surface area (Å²) in [6.45, 7) is 9.15. The van der Waals surface area contributed by atoms with Gasteiger partial charge in [-0.25, -0.2) is 0 Å². The van der Waals surface area contributed by atoms with Gasteiger partial charge in [0.1, 0.15) is 0 Å². The summed E-state index contributed by atoms with van der Waals surface area (Å²) in [5, 5.41) is 3.66. The minimum absolute atomic E-state index is 0.713. The van der Waals surface area contributed by atoms with Crippen LogP contribution in [0.25, 0.3) is 0 Å². The van der Waals surface area contributed by atoms with Crippen LogP contribution in [0.1, 0.15) is 45.4 Å². The third-order valence-corrected chi connectivity index (χ3v) is 4.01. The van der Waals surface area contributed by atoms with Crippen LogP contribution in [0.5, 0.6) is 0 Å². The Morgan fingerprint density at radius 2 is 2.22 bits per heavy atom. The first kappa shape index (κ1) is 14.3. The van der Waals surface area contributed by atoms with Crippen LogP contribution in [0.15, 0.2) is 0 Å². The van der Waals surface area contributed by atoms with Crippen molar-refractivity contribution in [3.05, 3.63) is 0 Å². The molecule has 1 unspecified atom stereocenters. The van der Waals surface area contributed by atoms with Crippen molar-refractivity contribution < 1.29 is 4.74 Å². The molecule has 1 aliphatic heterocycles. The molecule has 3 nitrogen and oxygen atoms in total. The van der Waals surface area contributed by atoms with Crippen molar-refractivity contribution >= 4 is 0 Å². The molecular weight excluding hydrogens is 224 g/mol. The van der Waals surface area contributed by atoms with Gasteiger partial charge in [-0.15, -0.1) is 0 Å². The van der Waals surface area contributed by atoms with E-state index in [1.807, 2.05) is 0 Å². The van der Waals surface area contributed by atoms with Crippen molar-refractivity contribution in [2.45, 2.75) is 51.5 Å². The molecule has 0 aromatic rings. The average molecular weight is 254 g/mol. The van der Waals surface area contributed by atoms with Crippen LogP contribution in [0.2, 0.25) is 0 Å². The van der Waals surface area contributed by atoms with Gasteiger partial charge in [-0.3, -0.25) is 0 Å². The minimum Gasteiger partial charge on any atom is -0.381 e. The fourth-order valence-electron chi connectivity index (χ4n) is 2.75. The van der Waals surface area contributed by atoms with Crippen LogP contribution in [-0.4, -0.2) is 50.3 Å². The van der Waals surface area contributed by atoms with E-state index >= 15 is 0 Å². The summed E-state index contributed by atoms with van der Waals surface area (Å²) >= 11 is 0. The number of ether oxygens (including phenoxy) is 1. The molecule has 0 radical (unpaired) electrons. The van der Waals surface area contributed by atoms with Gasteiger partial charge >= 0.3 is 0 Å². The Balaban J connectivity index is 1.54. The molecule has 1 N–H and O–H groups in total. The highest BCUT2D eigenvalue weighted by Gasteiger charge is 2.21. The summed E-state index contributed by atoms with van der Waals surface area (Å²) in [5.41, 5.74) is 0. The van der Waals surface area contributed by atoms with E-state index in [-0.39, 0.29) is 0 Å². The van der Waals surface area contributed by atoms with Gasteiger partial charge in [-0.1, -0.05) is 13.3 Å². The highest BCUT2D eigenvalue weighted by atomic mass is 16.5. The Labute approximate surface area is 112 Å². The van der Waals surface area contributed by atoms with Crippen molar-refractivity contribution in [1.82, 2.24) is 10.2 Å². The number of hydrogen-bond acceptors (Lipinski definition) is 3. The molecule has 1 atom stereocenters. The van der Waals surface area contributed by atoms with Crippen LogP contribution in [0.4, 0.5) is 0 Å². The summed E-state index contributed by atoms with van der Waals surface area (Å²) in [7, 11) is 0. The molecule has 2 fully saturated rings. The molecule has 1 heterocycles. The predicted molar refractivity (Wildman–Crippen MR) is 75.9 cm³/mol. The van der Waals surface area contributed by atoms with Crippen molar-refractivity contribution in [3.63, 3.8) is 0 Å². The maximum atomic E-state index is 5.71. The number of hydrogen-bond donors (Lipinski definition) is 1. The third-order valence-electron chi connectivity index (χ3n) is 4.01. The molecule has 1 saturated carbocycles. The standard InChI is InChI=1S/C15H30N2O/c1-2-5-15-12-17(9-3-8-16-15)10-4-11-18-13-14-6-7-14/h14-16H,2-13H2,1H3. The highest BCUT2D eigenvalue weighted by molar-refractivity contribution is 4.76. The van der Waals surface area contributed by atoms with Gasteiger partial charge in [0.25, 0.3) is 0 Å². The van der Waals surface area contributed by atoms with Gasteiger partial charge in [-0.2, -0.15) is 0 Å². The van der Waals surface area contributed by atoms with Crippen molar-refractivity contribution in [1.29, 1.82) is 0 Å². The molecule has 106 valence electrons. The quantitative estimate of drug-likeness (QED) is 0.673. The first-order valence-electron chi connectivity index (χ1n) is 7.92. The lowest BCUT2D eigenvalue weighted by Crippen LogP contribution is -2.38. The van der Waals surface area contributed by atoms with Gasteiger partial charge in [-0.05, 0) is 51.1 Å². The van der Waals surface area contributed by atoms with Crippen molar-refractivity contribution in [2.24, 2.45) is 5.92 Å². The molecule has 0 amide bonds. The fraction of sp³-hybridized carbons (Fsp3) is 1.00. The topological polar surface area (TPSA) is 24.5 Å². The zero-order valence-electron chi connectivity index (χ0n) is 12.0. The fourth-order valence-corrected chi connectivity index (χ4v) is 2.75. The van der Waals surface area contributed by atoms with E-state index < -0.39 is 0 Å². The Bertz CT molecular complexity index is 219. The number of nitrogens with one attached hydrogen (secondary N) is 1. The van der Waals surface area contributed by atoms with Gasteiger partial charge in [0.15, 0.2) is 0 Å². The summed E-state index contributed by atoms with van der Waals surface area (Å²) in [5.74, 6) is 0.904. The van der Waals surface area contributed by atoms with Crippen LogP contribution in [-0.2, 0) is 4.74 Å². The lowest BCUT2D eigenvalue weighted by atomic mass is 10.1. The molecule has 0 aromatic heterocycles. The van der Waals surface area contributed by atoms with Crippen molar-refractivity contribution in [3.8, 4) is 0 Å². The predicted octanol–water partition coefficient (Wildman–Crippen LogP) is 2.27. The summed E-state index contributed by atoms with van der Waals surface area (Å²) in [4.78, 5) is 2.63. The molecule has 2 rings (SSSR count). The SMILES string of the molecule is CCCC1CN(CCCOCC2CC2)CCCN1. The monoisotopic (exact) mass is 254 g/mol. The molecule has 18 heavy (non-hydrogen) atoms. The molecule has 1 aliphatic carbocycles. The highest BCUT2D eigenvalue weighted by Crippen LogP contribution is 2.28. The molecule has 0 bridgehead atoms. The Kier molecular flexibility index (Phi) is 6.46. The van der Waals surface area contributed by atoms with Crippen LogP contribution in [0, 0.1) is 5.92 Å². The summed E-state index contributed by atoms with van der Waals surface area (Å²) < 4.78 is 5.71. The first-order valence-corrected chi connectivity index (χ1v) is 7.92. The zero-order valence-corrected chi connectivity index (χ0v) is 12.0. The van der Waals surface area contributed by atoms with Crippen LogP contribution >= 0.6 is 0 Å². The van der Waals surface area contributed by atoms with Gasteiger partial charge in [0.2, 0.25) is 0 Å². The lowest BCUT2D eigenvalue weighted by Gasteiger charge is -2.24. The van der Waals surface area contributed by atoms with E-state index in [1.54, 1.807) is 0 Å². The first-order chi connectivity index (χ1) is 8.88. The van der Waals surface area contributed by atoms with E-state index in [2.05, 4.69) is 17.1 Å². The van der Waals surface area contributed by atoms with E-state index in [0.29, 0.717) is 6.04 Å². The summed E-state index contributed by atoms with van der Waals surface area (Å²) in [6, 6.07) is 0.713. The Morgan fingerprint density at radius 3 is 3.00 bits per heavy atom. The van der Waals surface area contributed by atoms with E-state index in [0.717, 1.165) is 19.1 Å². The maximum absolute atomic E-state index is 5.71. The van der Waals surface area contributed by atoms with Gasteiger partial charge < -0.3 is 15.0 Å². The maximum Gasteiger partial charge on any atom is 0.0494 e. The number of nitrogens with zero attached hydrogens (tertiary/aromatic N) is 1. The second kappa shape index (κ2) is 8.13. The van der Waals surface area contributed by atoms with Crippen molar-refractivity contribution in [2.75, 3.05) is 39.4 Å². The Hall–Kier alpha value is -0.120. The van der Waals surface area contributed by atoms with Gasteiger partial charge in [0.05, 0.1) is 0 Å². The molecule has 2 aliphatic rings. The third kappa shape index (κ3) is 5.68. The van der Waals surface area contributed by atoms with Gasteiger partial charge in [0, 0.05) is 32.3 Å². The normalized spacial score (nSPS) is 26.2.